The Morgan fingerprint density at radius 1 is 1.33 bits per heavy atom. The fourth-order valence-corrected chi connectivity index (χ4v) is 1.44. The fourth-order valence-electron chi connectivity index (χ4n) is 1.23. The van der Waals surface area contributed by atoms with Gasteiger partial charge < -0.3 is 10.1 Å². The second-order valence-electron chi connectivity index (χ2n) is 3.31. The highest BCUT2D eigenvalue weighted by Gasteiger charge is 2.13. The Morgan fingerprint density at radius 3 is 2.56 bits per heavy atom. The van der Waals surface area contributed by atoms with Crippen molar-refractivity contribution in [2.45, 2.75) is 6.92 Å². The van der Waals surface area contributed by atoms with Crippen LogP contribution in [0.2, 0.25) is 0 Å². The summed E-state index contributed by atoms with van der Waals surface area (Å²) in [5.41, 5.74) is 0.962. The monoisotopic (exact) mass is 265 g/mol. The number of carbonyl (C=O) groups is 2. The fraction of sp³-hybridized carbons (Fsp3) is 0.231. The van der Waals surface area contributed by atoms with Crippen molar-refractivity contribution in [1.82, 2.24) is 5.32 Å². The Kier molecular flexibility index (Phi) is 6.00. The van der Waals surface area contributed by atoms with Crippen LogP contribution in [-0.4, -0.2) is 24.1 Å². The van der Waals surface area contributed by atoms with Crippen molar-refractivity contribution in [1.29, 1.82) is 0 Å². The molecule has 0 unspecified atom stereocenters. The first-order valence-electron chi connectivity index (χ1n) is 5.46. The van der Waals surface area contributed by atoms with Gasteiger partial charge in [0.05, 0.1) is 6.61 Å². The normalized spacial score (nSPS) is 10.9. The number of ether oxygens (including phenoxy) is 1. The molecular weight excluding hydrogens is 250 g/mol. The molecule has 96 valence electrons. The summed E-state index contributed by atoms with van der Waals surface area (Å²) >= 11 is 1.00. The van der Waals surface area contributed by atoms with Crippen LogP contribution in [0.4, 0.5) is 4.79 Å². The number of thioether (sulfide) groups is 1. The van der Waals surface area contributed by atoms with Gasteiger partial charge in [0, 0.05) is 0 Å². The lowest BCUT2D eigenvalue weighted by atomic mass is 10.2. The van der Waals surface area contributed by atoms with Crippen molar-refractivity contribution in [3.63, 3.8) is 0 Å². The maximum absolute atomic E-state index is 11.7. The molecule has 0 aliphatic heterocycles. The molecule has 5 heteroatoms. The van der Waals surface area contributed by atoms with E-state index in [1.165, 1.54) is 0 Å². The third-order valence-electron chi connectivity index (χ3n) is 2.03. The van der Waals surface area contributed by atoms with E-state index >= 15 is 0 Å². The average Bonchev–Trinajstić information content (AvgIpc) is 2.39. The number of hydrogen-bond acceptors (Lipinski definition) is 4. The number of amides is 1. The first-order valence-corrected chi connectivity index (χ1v) is 6.68. The summed E-state index contributed by atoms with van der Waals surface area (Å²) in [5, 5.41) is 2.21. The van der Waals surface area contributed by atoms with E-state index in [1.54, 1.807) is 19.3 Å². The largest absolute Gasteiger partial charge is 0.461 e. The van der Waals surface area contributed by atoms with E-state index in [1.807, 2.05) is 30.3 Å². The number of nitrogens with one attached hydrogen (secondary N) is 1. The molecule has 0 heterocycles. The van der Waals surface area contributed by atoms with Gasteiger partial charge in [-0.05, 0) is 24.8 Å². The first kappa shape index (κ1) is 14.3. The number of hydrogen-bond donors (Lipinski definition) is 1. The number of benzene rings is 1. The van der Waals surface area contributed by atoms with E-state index in [0.29, 0.717) is 0 Å². The Hall–Kier alpha value is -1.75. The highest BCUT2D eigenvalue weighted by Crippen LogP contribution is 2.08. The van der Waals surface area contributed by atoms with E-state index in [9.17, 15) is 9.59 Å². The molecular formula is C13H15NO3S. The van der Waals surface area contributed by atoms with Crippen LogP contribution in [0.3, 0.4) is 0 Å². The van der Waals surface area contributed by atoms with E-state index in [0.717, 1.165) is 17.3 Å². The van der Waals surface area contributed by atoms with Gasteiger partial charge in [0.2, 0.25) is 0 Å². The van der Waals surface area contributed by atoms with Crippen LogP contribution < -0.4 is 5.32 Å². The summed E-state index contributed by atoms with van der Waals surface area (Å²) in [6.45, 7) is 1.98. The zero-order chi connectivity index (χ0) is 13.4. The molecule has 0 aromatic heterocycles. The SMILES string of the molecule is CCOC(=O)/C(=C/c1ccccc1)NC(=O)SC. The van der Waals surface area contributed by atoms with Gasteiger partial charge in [-0.15, -0.1) is 0 Å². The zero-order valence-corrected chi connectivity index (χ0v) is 11.1. The molecule has 0 fully saturated rings. The van der Waals surface area contributed by atoms with E-state index in [2.05, 4.69) is 5.32 Å². The Bertz CT molecular complexity index is 443. The minimum absolute atomic E-state index is 0.141. The Labute approximate surface area is 110 Å². The van der Waals surface area contributed by atoms with Gasteiger partial charge >= 0.3 is 5.97 Å². The predicted molar refractivity (Wildman–Crippen MR) is 73.1 cm³/mol. The molecule has 0 saturated heterocycles. The van der Waals surface area contributed by atoms with Crippen molar-refractivity contribution in [3.8, 4) is 0 Å². The lowest BCUT2D eigenvalue weighted by Gasteiger charge is -2.08. The van der Waals surface area contributed by atoms with Crippen molar-refractivity contribution < 1.29 is 14.3 Å². The molecule has 0 spiro atoms. The molecule has 0 saturated carbocycles. The maximum Gasteiger partial charge on any atom is 0.354 e. The van der Waals surface area contributed by atoms with Gasteiger partial charge in [-0.3, -0.25) is 4.79 Å². The standard InChI is InChI=1S/C13H15NO3S/c1-3-17-12(15)11(14-13(16)18-2)9-10-7-5-4-6-8-10/h4-9H,3H2,1-2H3,(H,14,16)/b11-9-. The van der Waals surface area contributed by atoms with Gasteiger partial charge in [0.25, 0.3) is 5.24 Å². The van der Waals surface area contributed by atoms with Crippen LogP contribution in [-0.2, 0) is 9.53 Å². The van der Waals surface area contributed by atoms with Crippen LogP contribution in [0, 0.1) is 0 Å². The molecule has 18 heavy (non-hydrogen) atoms. The second-order valence-corrected chi connectivity index (χ2v) is 4.08. The molecule has 0 bridgehead atoms. The molecule has 1 N–H and O–H groups in total. The van der Waals surface area contributed by atoms with Crippen molar-refractivity contribution in [3.05, 3.63) is 41.6 Å². The van der Waals surface area contributed by atoms with Crippen LogP contribution in [0.25, 0.3) is 6.08 Å². The molecule has 0 radical (unpaired) electrons. The highest BCUT2D eigenvalue weighted by atomic mass is 32.2. The summed E-state index contributed by atoms with van der Waals surface area (Å²) in [7, 11) is 0. The van der Waals surface area contributed by atoms with E-state index in [-0.39, 0.29) is 17.5 Å². The van der Waals surface area contributed by atoms with Gasteiger partial charge in [0.1, 0.15) is 5.70 Å². The quantitative estimate of drug-likeness (QED) is 0.671. The van der Waals surface area contributed by atoms with Crippen molar-refractivity contribution >= 4 is 29.0 Å². The summed E-state index contributed by atoms with van der Waals surface area (Å²) < 4.78 is 4.89. The predicted octanol–water partition coefficient (Wildman–Crippen LogP) is 2.66. The molecule has 1 aromatic carbocycles. The minimum atomic E-state index is -0.538. The lowest BCUT2D eigenvalue weighted by molar-refractivity contribution is -0.138. The molecule has 0 atom stereocenters. The molecule has 1 aromatic rings. The Morgan fingerprint density at radius 2 is 2.00 bits per heavy atom. The van der Waals surface area contributed by atoms with Crippen molar-refractivity contribution in [2.75, 3.05) is 12.9 Å². The smallest absolute Gasteiger partial charge is 0.354 e. The third kappa shape index (κ3) is 4.63. The number of esters is 1. The van der Waals surface area contributed by atoms with Crippen LogP contribution in [0.5, 0.6) is 0 Å². The third-order valence-corrected chi connectivity index (χ3v) is 2.50. The molecule has 4 nitrogen and oxygen atoms in total. The molecule has 0 aliphatic carbocycles. The summed E-state index contributed by atoms with van der Waals surface area (Å²) in [5.74, 6) is -0.538. The van der Waals surface area contributed by atoms with Crippen LogP contribution >= 0.6 is 11.8 Å². The van der Waals surface area contributed by atoms with Gasteiger partial charge in [-0.25, -0.2) is 4.79 Å². The van der Waals surface area contributed by atoms with Gasteiger partial charge in [-0.2, -0.15) is 0 Å². The molecule has 0 aliphatic rings. The van der Waals surface area contributed by atoms with E-state index in [4.69, 9.17) is 4.74 Å². The molecule has 1 rings (SSSR count). The highest BCUT2D eigenvalue weighted by molar-refractivity contribution is 8.13. The van der Waals surface area contributed by atoms with Gasteiger partial charge in [0.15, 0.2) is 0 Å². The summed E-state index contributed by atoms with van der Waals surface area (Å²) in [6, 6.07) is 9.26. The number of carbonyl (C=O) groups excluding carboxylic acids is 2. The van der Waals surface area contributed by atoms with Crippen LogP contribution in [0.1, 0.15) is 12.5 Å². The Balaban J connectivity index is 2.93. The van der Waals surface area contributed by atoms with Crippen molar-refractivity contribution in [2.24, 2.45) is 0 Å². The lowest BCUT2D eigenvalue weighted by Crippen LogP contribution is -2.25. The first-order chi connectivity index (χ1) is 8.67. The summed E-state index contributed by atoms with van der Waals surface area (Å²) in [4.78, 5) is 23.0. The molecule has 1 amide bonds. The zero-order valence-electron chi connectivity index (χ0n) is 10.3. The van der Waals surface area contributed by atoms with E-state index < -0.39 is 5.97 Å². The second kappa shape index (κ2) is 7.55. The number of rotatable bonds is 4. The average molecular weight is 265 g/mol. The maximum atomic E-state index is 11.7. The topological polar surface area (TPSA) is 55.4 Å². The minimum Gasteiger partial charge on any atom is -0.461 e. The summed E-state index contributed by atoms with van der Waals surface area (Å²) in [6.07, 6.45) is 3.23. The van der Waals surface area contributed by atoms with Gasteiger partial charge in [-0.1, -0.05) is 42.1 Å². The van der Waals surface area contributed by atoms with Crippen LogP contribution in [0.15, 0.2) is 36.0 Å².